The van der Waals surface area contributed by atoms with Crippen molar-refractivity contribution >= 4 is 21.7 Å². The highest BCUT2D eigenvalue weighted by atomic mass is 32.2. The van der Waals surface area contributed by atoms with Gasteiger partial charge in [-0.25, -0.2) is 13.2 Å². The Hall–Kier alpha value is -2.23. The first kappa shape index (κ1) is 19.1. The molecule has 0 radical (unpaired) electrons. The second kappa shape index (κ2) is 7.34. The molecule has 0 aliphatic carbocycles. The van der Waals surface area contributed by atoms with E-state index in [0.717, 1.165) is 0 Å². The minimum Gasteiger partial charge on any atom is -0.452 e. The zero-order chi connectivity index (χ0) is 18.7. The molecule has 7 nitrogen and oxygen atoms in total. The van der Waals surface area contributed by atoms with Crippen molar-refractivity contribution < 1.29 is 36.3 Å². The number of hydrogen-bond donors (Lipinski definition) is 1. The predicted octanol–water partition coefficient (Wildman–Crippen LogP) is 1.14. The van der Waals surface area contributed by atoms with E-state index in [9.17, 15) is 26.8 Å². The van der Waals surface area contributed by atoms with Gasteiger partial charge in [0, 0.05) is 0 Å². The molecule has 0 spiro atoms. The molecule has 1 N–H and O–H groups in total. The fraction of sp³-hybridized carbons (Fsp3) is 0.467. The number of esters is 1. The van der Waals surface area contributed by atoms with E-state index >= 15 is 0 Å². The Morgan fingerprint density at radius 2 is 1.92 bits per heavy atom. The van der Waals surface area contributed by atoms with Crippen molar-refractivity contribution in [3.63, 3.8) is 0 Å². The van der Waals surface area contributed by atoms with Crippen LogP contribution in [0.2, 0.25) is 0 Å². The quantitative estimate of drug-likeness (QED) is 0.747. The summed E-state index contributed by atoms with van der Waals surface area (Å²) in [7, 11) is -3.17. The minimum atomic E-state index is -3.17. The fourth-order valence-electron chi connectivity index (χ4n) is 2.47. The zero-order valence-corrected chi connectivity index (χ0v) is 14.1. The van der Waals surface area contributed by atoms with Gasteiger partial charge in [-0.2, -0.15) is 8.78 Å². The molecule has 1 aromatic rings. The molecule has 10 heteroatoms. The maximum Gasteiger partial charge on any atom is 0.387 e. The molecule has 0 unspecified atom stereocenters. The van der Waals surface area contributed by atoms with Crippen LogP contribution in [0.1, 0.15) is 23.7 Å². The van der Waals surface area contributed by atoms with Crippen LogP contribution in [0.5, 0.6) is 5.75 Å². The number of benzene rings is 1. The lowest BCUT2D eigenvalue weighted by molar-refractivity contribution is -0.125. The van der Waals surface area contributed by atoms with Crippen molar-refractivity contribution in [1.82, 2.24) is 5.32 Å². The molecule has 1 amide bonds. The molecule has 0 aromatic heterocycles. The number of carbonyl (C=O) groups excluding carboxylic acids is 2. The van der Waals surface area contributed by atoms with E-state index in [0.29, 0.717) is 6.42 Å². The molecule has 1 aliphatic heterocycles. The standard InChI is InChI=1S/C15H17F2NO6S/c1-15(6-7-25(21,22)9-15)18-12(19)8-23-13(20)10-2-4-11(5-3-10)24-14(16)17/h2-5,14H,6-9H2,1H3,(H,18,19)/t15-/m0/s1. The summed E-state index contributed by atoms with van der Waals surface area (Å²) in [6.07, 6.45) is 0.292. The average Bonchev–Trinajstić information content (AvgIpc) is 2.78. The van der Waals surface area contributed by atoms with E-state index in [2.05, 4.69) is 10.1 Å². The Morgan fingerprint density at radius 3 is 2.44 bits per heavy atom. The number of rotatable bonds is 6. The van der Waals surface area contributed by atoms with E-state index < -0.39 is 40.5 Å². The highest BCUT2D eigenvalue weighted by molar-refractivity contribution is 7.91. The van der Waals surface area contributed by atoms with Gasteiger partial charge in [-0.1, -0.05) is 0 Å². The Morgan fingerprint density at radius 1 is 1.28 bits per heavy atom. The summed E-state index contributed by atoms with van der Waals surface area (Å²) in [5, 5.41) is 2.55. The van der Waals surface area contributed by atoms with Crippen LogP contribution < -0.4 is 10.1 Å². The van der Waals surface area contributed by atoms with Gasteiger partial charge < -0.3 is 14.8 Å². The first-order chi connectivity index (χ1) is 11.6. The molecule has 1 saturated heterocycles. The molecule has 138 valence electrons. The summed E-state index contributed by atoms with van der Waals surface area (Å²) >= 11 is 0. The Kier molecular flexibility index (Phi) is 5.61. The van der Waals surface area contributed by atoms with E-state index in [1.807, 2.05) is 0 Å². The van der Waals surface area contributed by atoms with Gasteiger partial charge >= 0.3 is 12.6 Å². The molecule has 1 aliphatic rings. The second-order valence-corrected chi connectivity index (χ2v) is 8.11. The summed E-state index contributed by atoms with van der Waals surface area (Å²) in [6, 6.07) is 4.80. The monoisotopic (exact) mass is 377 g/mol. The van der Waals surface area contributed by atoms with Crippen LogP contribution in [0.4, 0.5) is 8.78 Å². The van der Waals surface area contributed by atoms with Gasteiger partial charge in [0.1, 0.15) is 5.75 Å². The molecular formula is C15H17F2NO6S. The average molecular weight is 377 g/mol. The molecule has 1 atom stereocenters. The largest absolute Gasteiger partial charge is 0.452 e. The fourth-order valence-corrected chi connectivity index (χ4v) is 4.56. The number of nitrogens with one attached hydrogen (secondary N) is 1. The number of ether oxygens (including phenoxy) is 2. The van der Waals surface area contributed by atoms with Gasteiger partial charge in [0.05, 0.1) is 22.6 Å². The third-order valence-electron chi connectivity index (χ3n) is 3.59. The molecular weight excluding hydrogens is 360 g/mol. The Bertz CT molecular complexity index is 750. The van der Waals surface area contributed by atoms with Gasteiger partial charge in [0.15, 0.2) is 16.4 Å². The molecule has 1 heterocycles. The summed E-state index contributed by atoms with van der Waals surface area (Å²) in [5.74, 6) is -1.71. The first-order valence-corrected chi connectivity index (χ1v) is 9.14. The van der Waals surface area contributed by atoms with Crippen LogP contribution in [-0.2, 0) is 19.4 Å². The highest BCUT2D eigenvalue weighted by Crippen LogP contribution is 2.22. The van der Waals surface area contributed by atoms with Crippen LogP contribution in [-0.4, -0.2) is 50.6 Å². The molecule has 0 saturated carbocycles. The predicted molar refractivity (Wildman–Crippen MR) is 83.2 cm³/mol. The van der Waals surface area contributed by atoms with Crippen molar-refractivity contribution in [2.45, 2.75) is 25.5 Å². The molecule has 25 heavy (non-hydrogen) atoms. The van der Waals surface area contributed by atoms with Gasteiger partial charge in [-0.05, 0) is 37.6 Å². The lowest BCUT2D eigenvalue weighted by Crippen LogP contribution is -2.48. The Balaban J connectivity index is 1.84. The van der Waals surface area contributed by atoms with E-state index in [-0.39, 0.29) is 22.8 Å². The first-order valence-electron chi connectivity index (χ1n) is 7.32. The topological polar surface area (TPSA) is 98.8 Å². The summed E-state index contributed by atoms with van der Waals surface area (Å²) < 4.78 is 56.0. The molecule has 2 rings (SSSR count). The van der Waals surface area contributed by atoms with Gasteiger partial charge in [0.2, 0.25) is 0 Å². The number of amides is 1. The van der Waals surface area contributed by atoms with Crippen LogP contribution in [0.25, 0.3) is 0 Å². The van der Waals surface area contributed by atoms with Crippen LogP contribution >= 0.6 is 0 Å². The smallest absolute Gasteiger partial charge is 0.387 e. The molecule has 1 fully saturated rings. The molecule has 0 bridgehead atoms. The number of sulfone groups is 1. The third-order valence-corrected chi connectivity index (χ3v) is 5.50. The number of alkyl halides is 2. The zero-order valence-electron chi connectivity index (χ0n) is 13.3. The van der Waals surface area contributed by atoms with Crippen molar-refractivity contribution in [3.05, 3.63) is 29.8 Å². The van der Waals surface area contributed by atoms with Crippen LogP contribution in [0, 0.1) is 0 Å². The summed E-state index contributed by atoms with van der Waals surface area (Å²) in [4.78, 5) is 23.7. The van der Waals surface area contributed by atoms with Crippen LogP contribution in [0.3, 0.4) is 0 Å². The van der Waals surface area contributed by atoms with Gasteiger partial charge in [-0.15, -0.1) is 0 Å². The van der Waals surface area contributed by atoms with Crippen molar-refractivity contribution in [2.75, 3.05) is 18.1 Å². The van der Waals surface area contributed by atoms with Crippen molar-refractivity contribution in [2.24, 2.45) is 0 Å². The minimum absolute atomic E-state index is 0.00337. The second-order valence-electron chi connectivity index (χ2n) is 5.93. The lowest BCUT2D eigenvalue weighted by Gasteiger charge is -2.23. The molecule has 1 aromatic carbocycles. The number of hydrogen-bond acceptors (Lipinski definition) is 6. The number of halogens is 2. The SMILES string of the molecule is C[C@]1(NC(=O)COC(=O)c2ccc(OC(F)F)cc2)CCS(=O)(=O)C1. The maximum absolute atomic E-state index is 12.0. The highest BCUT2D eigenvalue weighted by Gasteiger charge is 2.39. The van der Waals surface area contributed by atoms with Crippen molar-refractivity contribution in [3.8, 4) is 5.75 Å². The summed E-state index contributed by atoms with van der Waals surface area (Å²) in [6.45, 7) is -1.94. The van der Waals surface area contributed by atoms with E-state index in [1.54, 1.807) is 6.92 Å². The van der Waals surface area contributed by atoms with Crippen molar-refractivity contribution in [1.29, 1.82) is 0 Å². The number of carbonyl (C=O) groups is 2. The normalized spacial score (nSPS) is 21.8. The van der Waals surface area contributed by atoms with Gasteiger partial charge in [-0.3, -0.25) is 4.79 Å². The van der Waals surface area contributed by atoms with Gasteiger partial charge in [0.25, 0.3) is 5.91 Å². The lowest BCUT2D eigenvalue weighted by atomic mass is 10.0. The third kappa shape index (κ3) is 5.66. The van der Waals surface area contributed by atoms with E-state index in [4.69, 9.17) is 4.74 Å². The maximum atomic E-state index is 12.0. The summed E-state index contributed by atoms with van der Waals surface area (Å²) in [5.41, 5.74) is -0.819. The van der Waals surface area contributed by atoms with E-state index in [1.165, 1.54) is 24.3 Å². The van der Waals surface area contributed by atoms with Crippen LogP contribution in [0.15, 0.2) is 24.3 Å². The Labute approximate surface area is 143 Å².